The standard InChI is InChI=1S/C25H23FN2O4/c1-17(25(30)27-21-11-12-22-23(14-21)32-16-31-22)28(15-19-7-9-20(26)10-8-19)24(29)13-18-5-3-2-4-6-18/h2-12,14,17H,13,15-16H2,1H3,(H,27,30). The average molecular weight is 434 g/mol. The minimum absolute atomic E-state index is 0.141. The lowest BCUT2D eigenvalue weighted by molar-refractivity contribution is -0.138. The van der Waals surface area contributed by atoms with Crippen molar-refractivity contribution in [2.75, 3.05) is 12.1 Å². The molecule has 1 aliphatic heterocycles. The Morgan fingerprint density at radius 3 is 2.44 bits per heavy atom. The van der Waals surface area contributed by atoms with Crippen LogP contribution in [0.2, 0.25) is 0 Å². The SMILES string of the molecule is CC(C(=O)Nc1ccc2c(c1)OCO2)N(Cc1ccc(F)cc1)C(=O)Cc1ccccc1. The van der Waals surface area contributed by atoms with Crippen molar-refractivity contribution in [2.45, 2.75) is 25.9 Å². The van der Waals surface area contributed by atoms with Gasteiger partial charge in [-0.25, -0.2) is 4.39 Å². The number of nitrogens with one attached hydrogen (secondary N) is 1. The summed E-state index contributed by atoms with van der Waals surface area (Å²) in [4.78, 5) is 27.7. The van der Waals surface area contributed by atoms with Crippen molar-refractivity contribution in [1.82, 2.24) is 4.90 Å². The van der Waals surface area contributed by atoms with E-state index in [2.05, 4.69) is 5.32 Å². The zero-order valence-electron chi connectivity index (χ0n) is 17.6. The number of rotatable bonds is 7. The Balaban J connectivity index is 1.52. The molecule has 1 N–H and O–H groups in total. The van der Waals surface area contributed by atoms with Crippen LogP contribution in [0.3, 0.4) is 0 Å². The van der Waals surface area contributed by atoms with Crippen molar-refractivity contribution in [3.63, 3.8) is 0 Å². The van der Waals surface area contributed by atoms with Gasteiger partial charge < -0.3 is 19.7 Å². The zero-order chi connectivity index (χ0) is 22.5. The molecule has 32 heavy (non-hydrogen) atoms. The molecule has 0 saturated carbocycles. The Morgan fingerprint density at radius 1 is 0.969 bits per heavy atom. The fraction of sp³-hybridized carbons (Fsp3) is 0.200. The molecule has 6 nitrogen and oxygen atoms in total. The number of benzene rings is 3. The second-order valence-electron chi connectivity index (χ2n) is 7.54. The first kappa shape index (κ1) is 21.4. The van der Waals surface area contributed by atoms with Crippen LogP contribution < -0.4 is 14.8 Å². The molecule has 7 heteroatoms. The van der Waals surface area contributed by atoms with Crippen LogP contribution in [0.1, 0.15) is 18.1 Å². The minimum Gasteiger partial charge on any atom is -0.454 e. The molecule has 4 rings (SSSR count). The van der Waals surface area contributed by atoms with Gasteiger partial charge in [0, 0.05) is 18.3 Å². The zero-order valence-corrected chi connectivity index (χ0v) is 17.6. The molecule has 0 aliphatic carbocycles. The molecule has 3 aromatic carbocycles. The van der Waals surface area contributed by atoms with Gasteiger partial charge >= 0.3 is 0 Å². The second kappa shape index (κ2) is 9.51. The second-order valence-corrected chi connectivity index (χ2v) is 7.54. The highest BCUT2D eigenvalue weighted by atomic mass is 19.1. The van der Waals surface area contributed by atoms with E-state index in [1.165, 1.54) is 17.0 Å². The molecular weight excluding hydrogens is 411 g/mol. The van der Waals surface area contributed by atoms with Crippen LogP contribution in [-0.4, -0.2) is 29.5 Å². The maximum absolute atomic E-state index is 13.3. The van der Waals surface area contributed by atoms with Gasteiger partial charge in [-0.15, -0.1) is 0 Å². The summed E-state index contributed by atoms with van der Waals surface area (Å²) < 4.78 is 24.0. The summed E-state index contributed by atoms with van der Waals surface area (Å²) in [7, 11) is 0. The summed E-state index contributed by atoms with van der Waals surface area (Å²) in [6.45, 7) is 2.00. The van der Waals surface area contributed by atoms with Gasteiger partial charge in [0.15, 0.2) is 11.5 Å². The van der Waals surface area contributed by atoms with Gasteiger partial charge in [-0.1, -0.05) is 42.5 Å². The van der Waals surface area contributed by atoms with E-state index in [1.807, 2.05) is 30.3 Å². The van der Waals surface area contributed by atoms with Gasteiger partial charge in [0.05, 0.1) is 6.42 Å². The summed E-state index contributed by atoms with van der Waals surface area (Å²) in [6, 6.07) is 19.6. The van der Waals surface area contributed by atoms with Crippen LogP contribution in [0.15, 0.2) is 72.8 Å². The fourth-order valence-electron chi connectivity index (χ4n) is 3.46. The first-order valence-corrected chi connectivity index (χ1v) is 10.3. The van der Waals surface area contributed by atoms with E-state index in [0.717, 1.165) is 11.1 Å². The maximum atomic E-state index is 13.3. The van der Waals surface area contributed by atoms with E-state index in [4.69, 9.17) is 9.47 Å². The van der Waals surface area contributed by atoms with E-state index in [1.54, 1.807) is 37.3 Å². The maximum Gasteiger partial charge on any atom is 0.246 e. The minimum atomic E-state index is -0.762. The lowest BCUT2D eigenvalue weighted by Gasteiger charge is -2.29. The predicted octanol–water partition coefficient (Wildman–Crippen LogP) is 4.15. The number of amides is 2. The summed E-state index contributed by atoms with van der Waals surface area (Å²) in [5, 5.41) is 2.84. The molecule has 2 amide bonds. The van der Waals surface area contributed by atoms with E-state index in [-0.39, 0.29) is 37.4 Å². The van der Waals surface area contributed by atoms with Gasteiger partial charge in [-0.2, -0.15) is 0 Å². The lowest BCUT2D eigenvalue weighted by Crippen LogP contribution is -2.45. The highest BCUT2D eigenvalue weighted by molar-refractivity contribution is 5.97. The Labute approximate surface area is 185 Å². The highest BCUT2D eigenvalue weighted by Gasteiger charge is 2.27. The molecule has 0 saturated heterocycles. The van der Waals surface area contributed by atoms with Gasteiger partial charge in [0.1, 0.15) is 11.9 Å². The van der Waals surface area contributed by atoms with Crippen LogP contribution in [-0.2, 0) is 22.6 Å². The van der Waals surface area contributed by atoms with Crippen molar-refractivity contribution in [3.8, 4) is 11.5 Å². The average Bonchev–Trinajstić information content (AvgIpc) is 3.27. The first-order chi connectivity index (χ1) is 15.5. The molecule has 1 atom stereocenters. The van der Waals surface area contributed by atoms with Crippen LogP contribution in [0, 0.1) is 5.82 Å². The van der Waals surface area contributed by atoms with E-state index in [0.29, 0.717) is 17.2 Å². The molecule has 1 heterocycles. The molecule has 0 radical (unpaired) electrons. The third-order valence-electron chi connectivity index (χ3n) is 5.27. The van der Waals surface area contributed by atoms with Crippen LogP contribution >= 0.6 is 0 Å². The largest absolute Gasteiger partial charge is 0.454 e. The molecule has 0 fully saturated rings. The number of ether oxygens (including phenoxy) is 2. The summed E-state index contributed by atoms with van der Waals surface area (Å²) in [5.41, 5.74) is 2.13. The monoisotopic (exact) mass is 434 g/mol. The normalized spacial score (nSPS) is 12.8. The Morgan fingerprint density at radius 2 is 1.69 bits per heavy atom. The molecule has 3 aromatic rings. The summed E-state index contributed by atoms with van der Waals surface area (Å²) in [6.07, 6.45) is 0.156. The molecule has 0 spiro atoms. The van der Waals surface area contributed by atoms with Crippen molar-refractivity contribution >= 4 is 17.5 Å². The van der Waals surface area contributed by atoms with Crippen molar-refractivity contribution in [1.29, 1.82) is 0 Å². The van der Waals surface area contributed by atoms with Crippen LogP contribution in [0.5, 0.6) is 11.5 Å². The number of carbonyl (C=O) groups is 2. The predicted molar refractivity (Wildman–Crippen MR) is 118 cm³/mol. The Hall–Kier alpha value is -3.87. The van der Waals surface area contributed by atoms with Gasteiger partial charge in [-0.05, 0) is 42.3 Å². The molecule has 164 valence electrons. The summed E-state index contributed by atoms with van der Waals surface area (Å²) >= 11 is 0. The number of fused-ring (bicyclic) bond motifs is 1. The fourth-order valence-corrected chi connectivity index (χ4v) is 3.46. The van der Waals surface area contributed by atoms with Gasteiger partial charge in [-0.3, -0.25) is 9.59 Å². The lowest BCUT2D eigenvalue weighted by atomic mass is 10.1. The number of hydrogen-bond donors (Lipinski definition) is 1. The van der Waals surface area contributed by atoms with E-state index >= 15 is 0 Å². The van der Waals surface area contributed by atoms with Crippen molar-refractivity contribution < 1.29 is 23.5 Å². The molecule has 1 unspecified atom stereocenters. The van der Waals surface area contributed by atoms with Gasteiger partial charge in [0.25, 0.3) is 0 Å². The van der Waals surface area contributed by atoms with E-state index < -0.39 is 6.04 Å². The van der Waals surface area contributed by atoms with Gasteiger partial charge in [0.2, 0.25) is 18.6 Å². The smallest absolute Gasteiger partial charge is 0.246 e. The topological polar surface area (TPSA) is 67.9 Å². The van der Waals surface area contributed by atoms with Crippen LogP contribution in [0.25, 0.3) is 0 Å². The first-order valence-electron chi connectivity index (χ1n) is 10.3. The number of anilines is 1. The van der Waals surface area contributed by atoms with Crippen molar-refractivity contribution in [3.05, 3.63) is 89.7 Å². The number of nitrogens with zero attached hydrogens (tertiary/aromatic N) is 1. The summed E-state index contributed by atoms with van der Waals surface area (Å²) in [5.74, 6) is 0.275. The molecule has 0 aromatic heterocycles. The third-order valence-corrected chi connectivity index (χ3v) is 5.27. The third kappa shape index (κ3) is 5.06. The van der Waals surface area contributed by atoms with Crippen molar-refractivity contribution in [2.24, 2.45) is 0 Å². The molecule has 0 bridgehead atoms. The number of halogens is 1. The quantitative estimate of drug-likeness (QED) is 0.607. The van der Waals surface area contributed by atoms with E-state index in [9.17, 15) is 14.0 Å². The highest BCUT2D eigenvalue weighted by Crippen LogP contribution is 2.34. The Kier molecular flexibility index (Phi) is 6.35. The number of hydrogen-bond acceptors (Lipinski definition) is 4. The van der Waals surface area contributed by atoms with Crippen LogP contribution in [0.4, 0.5) is 10.1 Å². The molecule has 1 aliphatic rings. The molecular formula is C25H23FN2O4. The number of carbonyl (C=O) groups excluding carboxylic acids is 2. The Bertz CT molecular complexity index is 1100.